The molecule has 0 bridgehead atoms. The molecule has 10 aromatic carbocycles. The van der Waals surface area contributed by atoms with E-state index in [4.69, 9.17) is 28.2 Å². The second-order valence-electron chi connectivity index (χ2n) is 20.6. The van der Waals surface area contributed by atoms with Gasteiger partial charge in [-0.2, -0.15) is 12.1 Å². The predicted molar refractivity (Wildman–Crippen MR) is 325 cm³/mol. The fraction of sp³-hybridized carbons (Fsp3) is 0.0959. The molecular formula is C73H57N4O2Pt-3. The maximum absolute atomic E-state index is 9.11. The van der Waals surface area contributed by atoms with E-state index >= 15 is 0 Å². The molecule has 394 valence electrons. The first-order valence-electron chi connectivity index (χ1n) is 31.1. The zero-order chi connectivity index (χ0) is 62.5. The largest absolute Gasteiger partial charge is 0.509 e. The number of fused-ring (bicyclic) bond motifs is 4. The van der Waals surface area contributed by atoms with Crippen LogP contribution in [-0.2, 0) is 26.5 Å². The molecule has 0 radical (unpaired) electrons. The summed E-state index contributed by atoms with van der Waals surface area (Å²) in [4.78, 5) is 8.63. The molecule has 0 unspecified atom stereocenters. The summed E-state index contributed by atoms with van der Waals surface area (Å²) in [5.74, 6) is 2.69. The number of rotatable bonds is 11. The third kappa shape index (κ3) is 9.44. The van der Waals surface area contributed by atoms with Crippen molar-refractivity contribution in [3.8, 4) is 73.3 Å². The van der Waals surface area contributed by atoms with Crippen molar-refractivity contribution < 1.29 is 44.2 Å². The van der Waals surface area contributed by atoms with Crippen LogP contribution in [0.3, 0.4) is 0 Å². The maximum Gasteiger partial charge on any atom is 0.143 e. The first-order chi connectivity index (χ1) is 42.7. The third-order valence-electron chi connectivity index (χ3n) is 14.8. The molecule has 0 amide bonds. The summed E-state index contributed by atoms with van der Waals surface area (Å²) in [6.07, 6.45) is 1.77. The topological polar surface area (TPSA) is 42.8 Å². The molecular weight excluding hydrogens is 1160 g/mol. The summed E-state index contributed by atoms with van der Waals surface area (Å²) in [7, 11) is 0. The maximum atomic E-state index is 9.11. The molecule has 3 heterocycles. The zero-order valence-electron chi connectivity index (χ0n) is 54.7. The van der Waals surface area contributed by atoms with Crippen molar-refractivity contribution >= 4 is 44.6 Å². The smallest absolute Gasteiger partial charge is 0.143 e. The standard InChI is InChI=1S/C73H57N4O2.Pt/c1-48-49(2)69(53-27-15-9-16-28-53)72(70(50(48)3)54-29-17-10-18-30-54)79-59-41-42-74-68(46-59)77-64-40-37-55(73(4,5)6)43-63(64)62-39-38-58(45-67(62)77)78-57-32-21-31-56(44-57)75-47-76(66-36-20-19-35-65(66)75)71-60(51-23-11-7-12-24-51)33-22-34-61(71)52-25-13-8-14-26-52;/h7-43,46-47H,1-6H3;/q-3;/i7D,8D,11D,12D,13D,14D,23D,24D,25D,26D;. The number of anilines is 4. The van der Waals surface area contributed by atoms with Gasteiger partial charge in [0.05, 0.1) is 13.7 Å². The third-order valence-corrected chi connectivity index (χ3v) is 14.8. The van der Waals surface area contributed by atoms with Gasteiger partial charge in [0.25, 0.3) is 0 Å². The van der Waals surface area contributed by atoms with Gasteiger partial charge in [-0.15, -0.1) is 48.1 Å². The van der Waals surface area contributed by atoms with Gasteiger partial charge in [0.2, 0.25) is 0 Å². The molecule has 0 N–H and O–H groups in total. The van der Waals surface area contributed by atoms with E-state index in [1.807, 2.05) is 102 Å². The SMILES string of the molecule is [2H]c1c([2H])c([2H])c(-c2cccc(-c3c([2H])c([2H])c([2H])c([2H])c3[2H])c2N2[CH-]N(c3[c-]c(Oc4[c-]c5c(cc4)c4cc(C(C)(C)C)ccc4n5-c4cc(Oc5c(-c6ccccc6)c(C)c(C)c(C)c5-c5ccccc5)ccn4)ccc3)c3ccccc32)c([2H])c1[2H].[Pt]. The van der Waals surface area contributed by atoms with Crippen molar-refractivity contribution in [1.82, 2.24) is 9.55 Å². The van der Waals surface area contributed by atoms with E-state index in [1.54, 1.807) is 42.0 Å². The molecule has 0 saturated heterocycles. The van der Waals surface area contributed by atoms with Crippen LogP contribution in [0, 0.1) is 39.6 Å². The Morgan fingerprint density at radius 1 is 0.525 bits per heavy atom. The number of aromatic nitrogens is 2. The van der Waals surface area contributed by atoms with Crippen molar-refractivity contribution in [2.24, 2.45) is 0 Å². The number of hydrogen-bond donors (Lipinski definition) is 0. The van der Waals surface area contributed by atoms with E-state index < -0.39 is 60.4 Å². The first kappa shape index (κ1) is 41.1. The molecule has 80 heavy (non-hydrogen) atoms. The molecule has 0 saturated carbocycles. The Balaban J connectivity index is 0.00000785. The van der Waals surface area contributed by atoms with Crippen molar-refractivity contribution in [2.75, 3.05) is 9.80 Å². The van der Waals surface area contributed by atoms with E-state index in [2.05, 4.69) is 101 Å². The number of hydrogen-bond acceptors (Lipinski definition) is 5. The van der Waals surface area contributed by atoms with Crippen LogP contribution >= 0.6 is 0 Å². The summed E-state index contributed by atoms with van der Waals surface area (Å²) >= 11 is 0. The average Bonchev–Trinajstić information content (AvgIpc) is 1.44. The molecule has 0 atom stereocenters. The fourth-order valence-corrected chi connectivity index (χ4v) is 10.7. The van der Waals surface area contributed by atoms with E-state index in [0.29, 0.717) is 45.6 Å². The Hall–Kier alpha value is -8.96. The Morgan fingerprint density at radius 2 is 1.11 bits per heavy atom. The minimum Gasteiger partial charge on any atom is -0.509 e. The Kier molecular flexibility index (Phi) is 11.0. The van der Waals surface area contributed by atoms with Crippen LogP contribution in [-0.4, -0.2) is 9.55 Å². The first-order valence-corrected chi connectivity index (χ1v) is 26.1. The van der Waals surface area contributed by atoms with Gasteiger partial charge in [-0.3, -0.25) is 0 Å². The van der Waals surface area contributed by atoms with E-state index in [1.165, 1.54) is 5.56 Å². The molecule has 0 fully saturated rings. The van der Waals surface area contributed by atoms with Crippen molar-refractivity contribution in [3.63, 3.8) is 0 Å². The minimum absolute atomic E-state index is 0. The van der Waals surface area contributed by atoms with Crippen molar-refractivity contribution in [2.45, 2.75) is 47.0 Å². The van der Waals surface area contributed by atoms with Gasteiger partial charge in [-0.1, -0.05) is 190 Å². The van der Waals surface area contributed by atoms with Gasteiger partial charge < -0.3 is 23.8 Å². The molecule has 12 aromatic rings. The molecule has 7 heteroatoms. The van der Waals surface area contributed by atoms with Crippen LogP contribution in [0.25, 0.3) is 72.1 Å². The van der Waals surface area contributed by atoms with Gasteiger partial charge in [0.1, 0.15) is 17.3 Å². The Bertz CT molecular complexity index is 4670. The summed E-state index contributed by atoms with van der Waals surface area (Å²) < 4.78 is 104. The van der Waals surface area contributed by atoms with Crippen LogP contribution < -0.4 is 19.3 Å². The Morgan fingerprint density at radius 3 is 1.74 bits per heavy atom. The van der Waals surface area contributed by atoms with E-state index in [0.717, 1.165) is 61.0 Å². The van der Waals surface area contributed by atoms with E-state index in [-0.39, 0.29) is 54.4 Å². The van der Waals surface area contributed by atoms with E-state index in [9.17, 15) is 0 Å². The van der Waals surface area contributed by atoms with Gasteiger partial charge in [0, 0.05) is 89.7 Å². The zero-order valence-corrected chi connectivity index (χ0v) is 46.9. The van der Waals surface area contributed by atoms with Crippen LogP contribution in [0.1, 0.15) is 56.7 Å². The minimum atomic E-state index is -0.573. The number of ether oxygens (including phenoxy) is 2. The molecule has 0 spiro atoms. The quantitative estimate of drug-likeness (QED) is 0.121. The molecule has 13 rings (SSSR count). The van der Waals surface area contributed by atoms with Crippen molar-refractivity contribution in [1.29, 1.82) is 0 Å². The summed E-state index contributed by atoms with van der Waals surface area (Å²) in [5.41, 5.74) is 12.2. The van der Waals surface area contributed by atoms with Gasteiger partial charge >= 0.3 is 0 Å². The van der Waals surface area contributed by atoms with Crippen LogP contribution in [0.4, 0.5) is 22.7 Å². The van der Waals surface area contributed by atoms with Gasteiger partial charge in [-0.25, -0.2) is 4.98 Å². The Labute approximate surface area is 497 Å². The summed E-state index contributed by atoms with van der Waals surface area (Å²) in [5, 5.41) is 1.94. The fourth-order valence-electron chi connectivity index (χ4n) is 10.7. The second-order valence-corrected chi connectivity index (χ2v) is 20.6. The van der Waals surface area contributed by atoms with Gasteiger partial charge in [-0.05, 0) is 100 Å². The average molecular weight is 1230 g/mol. The molecule has 2 aromatic heterocycles. The number of benzene rings is 10. The number of nitrogens with zero attached hydrogens (tertiary/aromatic N) is 4. The molecule has 1 aliphatic heterocycles. The second kappa shape index (κ2) is 21.4. The van der Waals surface area contributed by atoms with Crippen LogP contribution in [0.15, 0.2) is 230 Å². The summed E-state index contributed by atoms with van der Waals surface area (Å²) in [6.45, 7) is 14.8. The van der Waals surface area contributed by atoms with Crippen LogP contribution in [0.5, 0.6) is 23.0 Å². The normalized spacial score (nSPS) is 13.9. The van der Waals surface area contributed by atoms with Crippen LogP contribution in [0.2, 0.25) is 0 Å². The molecule has 6 nitrogen and oxygen atoms in total. The predicted octanol–water partition coefficient (Wildman–Crippen LogP) is 19.7. The van der Waals surface area contributed by atoms with Crippen molar-refractivity contribution in [3.05, 3.63) is 271 Å². The number of para-hydroxylation sites is 3. The number of pyridine rings is 1. The molecule has 0 aliphatic carbocycles. The monoisotopic (exact) mass is 1230 g/mol. The van der Waals surface area contributed by atoms with Gasteiger partial charge in [0.15, 0.2) is 0 Å². The summed E-state index contributed by atoms with van der Waals surface area (Å²) in [6, 6.07) is 54.6. The molecule has 1 aliphatic rings.